The standard InChI is InChI=1S/C18H28N4O2S/c1-14(15-9-11-16(12-10-15)22(2)3)20-21-18(25)19-13-7-5-6-8-17(23)24-4/h9-12H,5-8,13H2,1-4H3,(H2,19,21,25)/b20-14-. The summed E-state index contributed by atoms with van der Waals surface area (Å²) in [5.74, 6) is -0.159. The minimum absolute atomic E-state index is 0.159. The third kappa shape index (κ3) is 8.49. The van der Waals surface area contributed by atoms with Crippen molar-refractivity contribution in [2.24, 2.45) is 5.10 Å². The van der Waals surface area contributed by atoms with Crippen molar-refractivity contribution >= 4 is 34.7 Å². The van der Waals surface area contributed by atoms with Crippen LogP contribution in [0.4, 0.5) is 5.69 Å². The van der Waals surface area contributed by atoms with Crippen LogP contribution in [-0.2, 0) is 9.53 Å². The zero-order valence-corrected chi connectivity index (χ0v) is 16.3. The molecular weight excluding hydrogens is 336 g/mol. The van der Waals surface area contributed by atoms with E-state index >= 15 is 0 Å². The first kappa shape index (κ1) is 20.9. The number of esters is 1. The Kier molecular flexibility index (Phi) is 9.54. The van der Waals surface area contributed by atoms with Gasteiger partial charge >= 0.3 is 5.97 Å². The lowest BCUT2D eigenvalue weighted by Gasteiger charge is -2.12. The summed E-state index contributed by atoms with van der Waals surface area (Å²) in [6, 6.07) is 8.18. The van der Waals surface area contributed by atoms with Gasteiger partial charge in [0.15, 0.2) is 5.11 Å². The van der Waals surface area contributed by atoms with Gasteiger partial charge in [-0.15, -0.1) is 0 Å². The van der Waals surface area contributed by atoms with Gasteiger partial charge in [0.05, 0.1) is 12.8 Å². The first-order chi connectivity index (χ1) is 11.9. The van der Waals surface area contributed by atoms with Crippen LogP contribution in [0, 0.1) is 0 Å². The minimum Gasteiger partial charge on any atom is -0.469 e. The fourth-order valence-corrected chi connectivity index (χ4v) is 2.26. The third-order valence-corrected chi connectivity index (χ3v) is 3.93. The highest BCUT2D eigenvalue weighted by atomic mass is 32.1. The van der Waals surface area contributed by atoms with Crippen molar-refractivity contribution in [2.45, 2.75) is 32.6 Å². The Bertz CT molecular complexity index is 585. The molecular formula is C18H28N4O2S. The molecule has 6 nitrogen and oxygen atoms in total. The zero-order valence-electron chi connectivity index (χ0n) is 15.5. The highest BCUT2D eigenvalue weighted by Gasteiger charge is 2.01. The van der Waals surface area contributed by atoms with Gasteiger partial charge in [-0.2, -0.15) is 5.10 Å². The summed E-state index contributed by atoms with van der Waals surface area (Å²) in [6.07, 6.45) is 3.18. The molecule has 0 saturated heterocycles. The monoisotopic (exact) mass is 364 g/mol. The molecule has 0 fully saturated rings. The molecule has 1 aromatic carbocycles. The van der Waals surface area contributed by atoms with E-state index in [9.17, 15) is 4.79 Å². The number of hydrogen-bond donors (Lipinski definition) is 2. The number of nitrogens with zero attached hydrogens (tertiary/aromatic N) is 2. The number of carbonyl (C=O) groups excluding carboxylic acids is 1. The molecule has 0 amide bonds. The fraction of sp³-hybridized carbons (Fsp3) is 0.500. The van der Waals surface area contributed by atoms with Gasteiger partial charge in [0.25, 0.3) is 0 Å². The van der Waals surface area contributed by atoms with Gasteiger partial charge in [0.1, 0.15) is 0 Å². The van der Waals surface area contributed by atoms with Crippen LogP contribution in [0.1, 0.15) is 38.2 Å². The van der Waals surface area contributed by atoms with Gasteiger partial charge in [-0.1, -0.05) is 18.6 Å². The van der Waals surface area contributed by atoms with Crippen LogP contribution in [-0.4, -0.2) is 44.5 Å². The first-order valence-electron chi connectivity index (χ1n) is 8.36. The number of methoxy groups -OCH3 is 1. The number of rotatable bonds is 9. The Hall–Kier alpha value is -2.15. The molecule has 0 unspecified atom stereocenters. The molecule has 0 radical (unpaired) electrons. The maximum atomic E-state index is 11.0. The summed E-state index contributed by atoms with van der Waals surface area (Å²) in [5, 5.41) is 7.91. The number of thiocarbonyl (C=S) groups is 1. The summed E-state index contributed by atoms with van der Waals surface area (Å²) in [5.41, 5.74) is 5.92. The predicted octanol–water partition coefficient (Wildman–Crippen LogP) is 2.67. The summed E-state index contributed by atoms with van der Waals surface area (Å²) in [4.78, 5) is 13.0. The Labute approximate surface area is 155 Å². The largest absolute Gasteiger partial charge is 0.469 e. The molecule has 0 aromatic heterocycles. The SMILES string of the molecule is COC(=O)CCCCCNC(=S)N/N=C(/C)c1ccc(N(C)C)cc1. The normalized spacial score (nSPS) is 11.0. The van der Waals surface area contributed by atoms with Crippen LogP contribution in [0.5, 0.6) is 0 Å². The van der Waals surface area contributed by atoms with E-state index in [2.05, 4.69) is 37.6 Å². The summed E-state index contributed by atoms with van der Waals surface area (Å²) in [7, 11) is 5.43. The van der Waals surface area contributed by atoms with E-state index in [0.29, 0.717) is 11.5 Å². The molecule has 1 rings (SSSR count). The van der Waals surface area contributed by atoms with Gasteiger partial charge in [-0.25, -0.2) is 0 Å². The van der Waals surface area contributed by atoms with E-state index in [-0.39, 0.29) is 5.97 Å². The average molecular weight is 365 g/mol. The van der Waals surface area contributed by atoms with E-state index in [1.807, 2.05) is 33.2 Å². The van der Waals surface area contributed by atoms with Crippen LogP contribution in [0.25, 0.3) is 0 Å². The number of anilines is 1. The molecule has 25 heavy (non-hydrogen) atoms. The summed E-state index contributed by atoms with van der Waals surface area (Å²) >= 11 is 5.21. The van der Waals surface area contributed by atoms with Crippen LogP contribution < -0.4 is 15.6 Å². The number of hydrogen-bond acceptors (Lipinski definition) is 5. The average Bonchev–Trinajstić information content (AvgIpc) is 2.62. The number of unbranched alkanes of at least 4 members (excludes halogenated alkanes) is 2. The first-order valence-corrected chi connectivity index (χ1v) is 8.77. The molecule has 0 aliphatic carbocycles. The molecule has 7 heteroatoms. The minimum atomic E-state index is -0.159. The van der Waals surface area contributed by atoms with Crippen LogP contribution in [0.15, 0.2) is 29.4 Å². The van der Waals surface area contributed by atoms with Gasteiger partial charge < -0.3 is 15.0 Å². The van der Waals surface area contributed by atoms with Gasteiger partial charge in [-0.05, 0) is 49.7 Å². The maximum absolute atomic E-state index is 11.0. The molecule has 0 atom stereocenters. The van der Waals surface area contributed by atoms with Crippen molar-refractivity contribution in [3.8, 4) is 0 Å². The molecule has 138 valence electrons. The topological polar surface area (TPSA) is 66.0 Å². The second-order valence-electron chi connectivity index (χ2n) is 5.89. The molecule has 0 saturated carbocycles. The lowest BCUT2D eigenvalue weighted by Crippen LogP contribution is -2.33. The van der Waals surface area contributed by atoms with Crippen molar-refractivity contribution in [1.82, 2.24) is 10.7 Å². The van der Waals surface area contributed by atoms with Gasteiger partial charge in [0.2, 0.25) is 0 Å². The van der Waals surface area contributed by atoms with E-state index in [1.54, 1.807) is 0 Å². The number of nitrogens with one attached hydrogen (secondary N) is 2. The fourth-order valence-electron chi connectivity index (χ4n) is 2.11. The lowest BCUT2D eigenvalue weighted by atomic mass is 10.1. The smallest absolute Gasteiger partial charge is 0.305 e. The Morgan fingerprint density at radius 3 is 2.48 bits per heavy atom. The van der Waals surface area contributed by atoms with Crippen molar-refractivity contribution in [2.75, 3.05) is 32.6 Å². The Morgan fingerprint density at radius 1 is 1.20 bits per heavy atom. The van der Waals surface area contributed by atoms with Crippen molar-refractivity contribution in [3.63, 3.8) is 0 Å². The highest BCUT2D eigenvalue weighted by Crippen LogP contribution is 2.12. The van der Waals surface area contributed by atoms with Crippen molar-refractivity contribution < 1.29 is 9.53 Å². The third-order valence-electron chi connectivity index (χ3n) is 3.70. The molecule has 0 aliphatic rings. The molecule has 2 N–H and O–H groups in total. The van der Waals surface area contributed by atoms with Gasteiger partial charge in [-0.3, -0.25) is 10.2 Å². The van der Waals surface area contributed by atoms with E-state index in [4.69, 9.17) is 12.2 Å². The summed E-state index contributed by atoms with van der Waals surface area (Å²) in [6.45, 7) is 2.69. The maximum Gasteiger partial charge on any atom is 0.305 e. The Balaban J connectivity index is 2.27. The van der Waals surface area contributed by atoms with E-state index in [1.165, 1.54) is 7.11 Å². The molecule has 0 heterocycles. The van der Waals surface area contributed by atoms with Crippen molar-refractivity contribution in [1.29, 1.82) is 0 Å². The highest BCUT2D eigenvalue weighted by molar-refractivity contribution is 7.80. The number of carbonyl (C=O) groups is 1. The second-order valence-corrected chi connectivity index (χ2v) is 6.30. The molecule has 0 bridgehead atoms. The predicted molar refractivity (Wildman–Crippen MR) is 107 cm³/mol. The van der Waals surface area contributed by atoms with Crippen LogP contribution in [0.2, 0.25) is 0 Å². The van der Waals surface area contributed by atoms with Crippen LogP contribution >= 0.6 is 12.2 Å². The number of benzene rings is 1. The van der Waals surface area contributed by atoms with Crippen LogP contribution in [0.3, 0.4) is 0 Å². The van der Waals surface area contributed by atoms with Gasteiger partial charge in [0, 0.05) is 32.7 Å². The lowest BCUT2D eigenvalue weighted by molar-refractivity contribution is -0.140. The molecule has 1 aromatic rings. The van der Waals surface area contributed by atoms with E-state index in [0.717, 1.165) is 42.8 Å². The Morgan fingerprint density at radius 2 is 1.88 bits per heavy atom. The number of ether oxygens (including phenoxy) is 1. The molecule has 0 spiro atoms. The molecule has 0 aliphatic heterocycles. The quantitative estimate of drug-likeness (QED) is 0.231. The number of hydrazone groups is 1. The zero-order chi connectivity index (χ0) is 18.7. The second kappa shape index (κ2) is 11.4. The van der Waals surface area contributed by atoms with E-state index < -0.39 is 0 Å². The summed E-state index contributed by atoms with van der Waals surface area (Å²) < 4.78 is 4.60. The van der Waals surface area contributed by atoms with Crippen molar-refractivity contribution in [3.05, 3.63) is 29.8 Å².